The maximum atomic E-state index is 9.27. The van der Waals surface area contributed by atoms with Gasteiger partial charge in [0, 0.05) is 5.56 Å². The molecule has 1 nitrogen and oxygen atoms in total. The monoisotopic (exact) mass is 306 g/mol. The zero-order chi connectivity index (χ0) is 10.3. The summed E-state index contributed by atoms with van der Waals surface area (Å²) < 4.78 is 0.812. The van der Waals surface area contributed by atoms with Gasteiger partial charge in [0.25, 0.3) is 0 Å². The van der Waals surface area contributed by atoms with E-state index in [1.165, 1.54) is 0 Å². The Bertz CT molecular complexity index is 278. The van der Waals surface area contributed by atoms with Crippen LogP contribution in [0, 0.1) is 0 Å². The molecule has 0 radical (unpaired) electrons. The first-order chi connectivity index (χ1) is 6.20. The van der Waals surface area contributed by atoms with Gasteiger partial charge in [0.05, 0.1) is 3.39 Å². The SMILES string of the molecule is CC.Oc1ccccc1C=C(Br)Br. The van der Waals surface area contributed by atoms with E-state index in [1.54, 1.807) is 18.2 Å². The quantitative estimate of drug-likeness (QED) is 0.809. The first-order valence-corrected chi connectivity index (χ1v) is 5.59. The average Bonchev–Trinajstić information content (AvgIpc) is 2.12. The summed E-state index contributed by atoms with van der Waals surface area (Å²) in [6.07, 6.45) is 1.79. The molecule has 0 bridgehead atoms. The number of para-hydroxylation sites is 1. The fourth-order valence-corrected chi connectivity index (χ4v) is 1.22. The molecule has 0 spiro atoms. The van der Waals surface area contributed by atoms with Crippen LogP contribution in [0.5, 0.6) is 5.75 Å². The lowest BCUT2D eigenvalue weighted by molar-refractivity contribution is 0.474. The molecule has 0 aliphatic carbocycles. The van der Waals surface area contributed by atoms with Crippen LogP contribution in [0.3, 0.4) is 0 Å². The van der Waals surface area contributed by atoms with Crippen molar-refractivity contribution < 1.29 is 5.11 Å². The van der Waals surface area contributed by atoms with Crippen molar-refractivity contribution in [3.63, 3.8) is 0 Å². The lowest BCUT2D eigenvalue weighted by Crippen LogP contribution is -1.71. The fourth-order valence-electron chi connectivity index (χ4n) is 0.727. The molecular formula is C10H12Br2O. The molecule has 1 rings (SSSR count). The summed E-state index contributed by atoms with van der Waals surface area (Å²) in [5.74, 6) is 0.281. The lowest BCUT2D eigenvalue weighted by Gasteiger charge is -1.96. The predicted molar refractivity (Wildman–Crippen MR) is 65.3 cm³/mol. The van der Waals surface area contributed by atoms with Gasteiger partial charge in [0.2, 0.25) is 0 Å². The summed E-state index contributed by atoms with van der Waals surface area (Å²) in [7, 11) is 0. The number of hydrogen-bond donors (Lipinski definition) is 1. The molecule has 13 heavy (non-hydrogen) atoms. The van der Waals surface area contributed by atoms with E-state index in [1.807, 2.05) is 26.0 Å². The molecule has 1 aromatic carbocycles. The Kier molecular flexibility index (Phi) is 7.00. The highest BCUT2D eigenvalue weighted by molar-refractivity contribution is 9.28. The minimum atomic E-state index is 0.281. The Morgan fingerprint density at radius 1 is 1.23 bits per heavy atom. The van der Waals surface area contributed by atoms with Crippen LogP contribution < -0.4 is 0 Å². The first kappa shape index (κ1) is 12.7. The minimum Gasteiger partial charge on any atom is -0.507 e. The number of phenolic OH excluding ortho intramolecular Hbond substituents is 1. The van der Waals surface area contributed by atoms with Crippen LogP contribution in [0.25, 0.3) is 6.08 Å². The van der Waals surface area contributed by atoms with E-state index in [2.05, 4.69) is 31.9 Å². The first-order valence-electron chi connectivity index (χ1n) is 4.01. The van der Waals surface area contributed by atoms with Gasteiger partial charge in [-0.15, -0.1) is 0 Å². The summed E-state index contributed by atoms with van der Waals surface area (Å²) in [5.41, 5.74) is 0.788. The number of aromatic hydroxyl groups is 1. The Hall–Kier alpha value is -0.280. The normalized spacial score (nSPS) is 8.31. The second kappa shape index (κ2) is 7.15. The van der Waals surface area contributed by atoms with Crippen molar-refractivity contribution in [3.05, 3.63) is 33.2 Å². The van der Waals surface area contributed by atoms with Gasteiger partial charge in [-0.1, -0.05) is 32.0 Å². The molecule has 3 heteroatoms. The highest BCUT2D eigenvalue weighted by Crippen LogP contribution is 2.23. The molecule has 0 fully saturated rings. The second-order valence-corrected chi connectivity index (χ2v) is 4.77. The largest absolute Gasteiger partial charge is 0.507 e. The molecule has 72 valence electrons. The summed E-state index contributed by atoms with van der Waals surface area (Å²) in [5, 5.41) is 9.27. The van der Waals surface area contributed by atoms with Crippen LogP contribution in [0.2, 0.25) is 0 Å². The second-order valence-electron chi connectivity index (χ2n) is 1.99. The Morgan fingerprint density at radius 2 is 1.77 bits per heavy atom. The van der Waals surface area contributed by atoms with Gasteiger partial charge in [-0.2, -0.15) is 0 Å². The maximum absolute atomic E-state index is 9.27. The number of benzene rings is 1. The highest BCUT2D eigenvalue weighted by atomic mass is 79.9. The van der Waals surface area contributed by atoms with Crippen LogP contribution in [0.4, 0.5) is 0 Å². The molecule has 0 heterocycles. The van der Waals surface area contributed by atoms with Crippen LogP contribution in [0.1, 0.15) is 19.4 Å². The topological polar surface area (TPSA) is 20.2 Å². The van der Waals surface area contributed by atoms with Gasteiger partial charge < -0.3 is 5.11 Å². The van der Waals surface area contributed by atoms with Crippen LogP contribution in [0.15, 0.2) is 27.7 Å². The van der Waals surface area contributed by atoms with Gasteiger partial charge >= 0.3 is 0 Å². The fraction of sp³-hybridized carbons (Fsp3) is 0.200. The number of phenols is 1. The highest BCUT2D eigenvalue weighted by Gasteiger charge is 1.94. The molecule has 0 saturated heterocycles. The standard InChI is InChI=1S/C8H6Br2O.C2H6/c9-8(10)5-6-3-1-2-4-7(6)11;1-2/h1-5,11H;1-2H3. The predicted octanol–water partition coefficient (Wildman–Crippen LogP) is 4.51. The van der Waals surface area contributed by atoms with E-state index < -0.39 is 0 Å². The molecule has 1 N–H and O–H groups in total. The average molecular weight is 308 g/mol. The van der Waals surface area contributed by atoms with Crippen molar-refractivity contribution in [2.24, 2.45) is 0 Å². The van der Waals surface area contributed by atoms with Crippen LogP contribution >= 0.6 is 31.9 Å². The zero-order valence-corrected chi connectivity index (χ0v) is 10.8. The van der Waals surface area contributed by atoms with E-state index in [4.69, 9.17) is 0 Å². The molecule has 0 aromatic heterocycles. The van der Waals surface area contributed by atoms with Crippen molar-refractivity contribution in [3.8, 4) is 5.75 Å². The van der Waals surface area contributed by atoms with E-state index in [0.717, 1.165) is 8.96 Å². The van der Waals surface area contributed by atoms with Crippen LogP contribution in [-0.2, 0) is 0 Å². The van der Waals surface area contributed by atoms with Crippen molar-refractivity contribution in [2.75, 3.05) is 0 Å². The zero-order valence-electron chi connectivity index (χ0n) is 7.59. The van der Waals surface area contributed by atoms with Gasteiger partial charge in [-0.05, 0) is 44.0 Å². The number of halogens is 2. The third-order valence-corrected chi connectivity index (χ3v) is 1.66. The summed E-state index contributed by atoms with van der Waals surface area (Å²) >= 11 is 6.42. The van der Waals surface area contributed by atoms with Gasteiger partial charge in [-0.3, -0.25) is 0 Å². The van der Waals surface area contributed by atoms with Crippen molar-refractivity contribution in [2.45, 2.75) is 13.8 Å². The van der Waals surface area contributed by atoms with Gasteiger partial charge in [0.1, 0.15) is 5.75 Å². The molecule has 0 unspecified atom stereocenters. The summed E-state index contributed by atoms with van der Waals surface area (Å²) in [4.78, 5) is 0. The van der Waals surface area contributed by atoms with Crippen molar-refractivity contribution in [1.29, 1.82) is 0 Å². The Balaban J connectivity index is 0.000000671. The third kappa shape index (κ3) is 5.11. The number of rotatable bonds is 1. The summed E-state index contributed by atoms with van der Waals surface area (Å²) in [6.45, 7) is 4.00. The van der Waals surface area contributed by atoms with E-state index in [9.17, 15) is 5.11 Å². The van der Waals surface area contributed by atoms with Crippen molar-refractivity contribution >= 4 is 37.9 Å². The molecular weight excluding hydrogens is 296 g/mol. The van der Waals surface area contributed by atoms with E-state index in [0.29, 0.717) is 0 Å². The van der Waals surface area contributed by atoms with Gasteiger partial charge in [0.15, 0.2) is 0 Å². The Labute approximate surface area is 95.7 Å². The van der Waals surface area contributed by atoms with E-state index in [-0.39, 0.29) is 5.75 Å². The molecule has 1 aromatic rings. The molecule has 0 atom stereocenters. The van der Waals surface area contributed by atoms with Crippen LogP contribution in [-0.4, -0.2) is 5.11 Å². The molecule has 0 aliphatic rings. The smallest absolute Gasteiger partial charge is 0.122 e. The lowest BCUT2D eigenvalue weighted by atomic mass is 10.2. The minimum absolute atomic E-state index is 0.281. The van der Waals surface area contributed by atoms with E-state index >= 15 is 0 Å². The summed E-state index contributed by atoms with van der Waals surface area (Å²) in [6, 6.07) is 7.13. The third-order valence-electron chi connectivity index (χ3n) is 1.20. The maximum Gasteiger partial charge on any atom is 0.122 e. The van der Waals surface area contributed by atoms with Gasteiger partial charge in [-0.25, -0.2) is 0 Å². The molecule has 0 amide bonds. The molecule has 0 saturated carbocycles. The molecule has 0 aliphatic heterocycles. The van der Waals surface area contributed by atoms with Crippen molar-refractivity contribution in [1.82, 2.24) is 0 Å². The number of hydrogen-bond acceptors (Lipinski definition) is 1. The Morgan fingerprint density at radius 3 is 2.23 bits per heavy atom.